The zero-order chi connectivity index (χ0) is 17.8. The van der Waals surface area contributed by atoms with Crippen molar-refractivity contribution in [1.29, 1.82) is 0 Å². The van der Waals surface area contributed by atoms with E-state index in [0.29, 0.717) is 16.5 Å². The molecule has 0 saturated heterocycles. The minimum atomic E-state index is -0.786. The summed E-state index contributed by atoms with van der Waals surface area (Å²) in [4.78, 5) is 35.8. The van der Waals surface area contributed by atoms with E-state index < -0.39 is 24.0 Å². The molecule has 1 heterocycles. The molecule has 126 valence electrons. The number of esters is 1. The van der Waals surface area contributed by atoms with Gasteiger partial charge < -0.3 is 10.1 Å². The number of benzene rings is 2. The summed E-state index contributed by atoms with van der Waals surface area (Å²) in [6, 6.07) is 13.8. The first-order chi connectivity index (χ1) is 12.0. The number of aryl methyl sites for hydroxylation is 1. The second-order valence-corrected chi connectivity index (χ2v) is 5.44. The van der Waals surface area contributed by atoms with Crippen LogP contribution in [0.25, 0.3) is 10.8 Å². The molecule has 3 aromatic rings. The van der Waals surface area contributed by atoms with Crippen molar-refractivity contribution in [3.05, 3.63) is 70.1 Å². The highest BCUT2D eigenvalue weighted by Crippen LogP contribution is 2.13. The summed E-state index contributed by atoms with van der Waals surface area (Å²) in [5.74, 6) is -1.25. The van der Waals surface area contributed by atoms with Crippen LogP contribution in [-0.4, -0.2) is 28.7 Å². The molecule has 0 unspecified atom stereocenters. The van der Waals surface area contributed by atoms with Crippen LogP contribution in [0.2, 0.25) is 0 Å². The Morgan fingerprint density at radius 3 is 2.48 bits per heavy atom. The molecule has 0 radical (unpaired) electrons. The molecular formula is C18H15N3O4. The quantitative estimate of drug-likeness (QED) is 0.709. The average Bonchev–Trinajstić information content (AvgIpc) is 2.62. The maximum atomic E-state index is 12.2. The number of amides is 1. The standard InChI is InChI=1S/C18H15N3O4/c1-11-6-8-12(9-7-11)19-15(22)10-25-18(24)16-13-4-2-3-5-14(13)17(23)21-20-16/h2-9H,10H2,1H3,(H,19,22)(H,21,23). The SMILES string of the molecule is Cc1ccc(NC(=O)COC(=O)c2n[nH]c(=O)c3ccccc23)cc1. The van der Waals surface area contributed by atoms with Gasteiger partial charge in [0.1, 0.15) is 0 Å². The number of aromatic amines is 1. The minimum Gasteiger partial charge on any atom is -0.451 e. The fraction of sp³-hybridized carbons (Fsp3) is 0.111. The molecule has 2 N–H and O–H groups in total. The molecule has 3 rings (SSSR count). The highest BCUT2D eigenvalue weighted by Gasteiger charge is 2.16. The molecule has 0 fully saturated rings. The third-order valence-electron chi connectivity index (χ3n) is 3.56. The summed E-state index contributed by atoms with van der Waals surface area (Å²) >= 11 is 0. The molecular weight excluding hydrogens is 322 g/mol. The Hall–Kier alpha value is -3.48. The third kappa shape index (κ3) is 3.72. The smallest absolute Gasteiger partial charge is 0.359 e. The van der Waals surface area contributed by atoms with Gasteiger partial charge in [-0.3, -0.25) is 9.59 Å². The van der Waals surface area contributed by atoms with Crippen LogP contribution < -0.4 is 10.9 Å². The lowest BCUT2D eigenvalue weighted by atomic mass is 10.1. The molecule has 2 aromatic carbocycles. The fourth-order valence-electron chi connectivity index (χ4n) is 2.30. The molecule has 0 aliphatic rings. The van der Waals surface area contributed by atoms with Gasteiger partial charge in [-0.1, -0.05) is 35.9 Å². The third-order valence-corrected chi connectivity index (χ3v) is 3.56. The lowest BCUT2D eigenvalue weighted by Crippen LogP contribution is -2.22. The first-order valence-electron chi connectivity index (χ1n) is 7.55. The number of nitrogens with zero attached hydrogens (tertiary/aromatic N) is 1. The van der Waals surface area contributed by atoms with E-state index in [9.17, 15) is 14.4 Å². The average molecular weight is 337 g/mol. The Bertz CT molecular complexity index is 993. The van der Waals surface area contributed by atoms with Crippen molar-refractivity contribution < 1.29 is 14.3 Å². The van der Waals surface area contributed by atoms with Crippen molar-refractivity contribution in [2.45, 2.75) is 6.92 Å². The first kappa shape index (κ1) is 16.4. The summed E-state index contributed by atoms with van der Waals surface area (Å²) in [6.45, 7) is 1.48. The number of hydrogen-bond donors (Lipinski definition) is 2. The molecule has 25 heavy (non-hydrogen) atoms. The van der Waals surface area contributed by atoms with Crippen molar-refractivity contribution in [3.8, 4) is 0 Å². The Morgan fingerprint density at radius 2 is 1.76 bits per heavy atom. The van der Waals surface area contributed by atoms with Gasteiger partial charge in [-0.15, -0.1) is 0 Å². The number of carbonyl (C=O) groups is 2. The minimum absolute atomic E-state index is 0.0432. The summed E-state index contributed by atoms with van der Waals surface area (Å²) in [5, 5.41) is 9.31. The maximum Gasteiger partial charge on any atom is 0.359 e. The van der Waals surface area contributed by atoms with E-state index in [1.54, 1.807) is 36.4 Å². The number of hydrogen-bond acceptors (Lipinski definition) is 5. The monoisotopic (exact) mass is 337 g/mol. The number of anilines is 1. The number of nitrogens with one attached hydrogen (secondary N) is 2. The van der Waals surface area contributed by atoms with Crippen LogP contribution in [0.3, 0.4) is 0 Å². The summed E-state index contributed by atoms with van der Waals surface area (Å²) in [7, 11) is 0. The first-order valence-corrected chi connectivity index (χ1v) is 7.55. The Balaban J connectivity index is 1.69. The predicted octanol–water partition coefficient (Wildman–Crippen LogP) is 2.03. The number of H-pyrrole nitrogens is 1. The Morgan fingerprint density at radius 1 is 1.08 bits per heavy atom. The van der Waals surface area contributed by atoms with Crippen LogP contribution >= 0.6 is 0 Å². The Labute approximate surface area is 142 Å². The molecule has 0 atom stereocenters. The van der Waals surface area contributed by atoms with Crippen molar-refractivity contribution in [2.24, 2.45) is 0 Å². The zero-order valence-electron chi connectivity index (χ0n) is 13.4. The van der Waals surface area contributed by atoms with Crippen molar-refractivity contribution in [3.63, 3.8) is 0 Å². The largest absolute Gasteiger partial charge is 0.451 e. The molecule has 0 saturated carbocycles. The van der Waals surface area contributed by atoms with Crippen LogP contribution in [0, 0.1) is 6.92 Å². The van der Waals surface area contributed by atoms with Gasteiger partial charge in [0.25, 0.3) is 11.5 Å². The van der Waals surface area contributed by atoms with Gasteiger partial charge in [0, 0.05) is 11.1 Å². The fourth-order valence-corrected chi connectivity index (χ4v) is 2.30. The van der Waals surface area contributed by atoms with Crippen molar-refractivity contribution in [1.82, 2.24) is 10.2 Å². The van der Waals surface area contributed by atoms with Gasteiger partial charge in [-0.05, 0) is 25.1 Å². The van der Waals surface area contributed by atoms with E-state index in [1.807, 2.05) is 19.1 Å². The molecule has 0 bridgehead atoms. The van der Waals surface area contributed by atoms with Crippen LogP contribution in [-0.2, 0) is 9.53 Å². The second-order valence-electron chi connectivity index (χ2n) is 5.44. The van der Waals surface area contributed by atoms with E-state index >= 15 is 0 Å². The molecule has 1 aromatic heterocycles. The van der Waals surface area contributed by atoms with E-state index in [2.05, 4.69) is 15.5 Å². The molecule has 7 heteroatoms. The number of fused-ring (bicyclic) bond motifs is 1. The van der Waals surface area contributed by atoms with E-state index in [0.717, 1.165) is 5.56 Å². The molecule has 7 nitrogen and oxygen atoms in total. The molecule has 1 amide bonds. The topological polar surface area (TPSA) is 101 Å². The van der Waals surface area contributed by atoms with E-state index in [4.69, 9.17) is 4.74 Å². The molecule has 0 aliphatic carbocycles. The zero-order valence-corrected chi connectivity index (χ0v) is 13.4. The Kier molecular flexibility index (Phi) is 4.56. The van der Waals surface area contributed by atoms with Gasteiger partial charge in [-0.2, -0.15) is 5.10 Å². The number of rotatable bonds is 4. The lowest BCUT2D eigenvalue weighted by Gasteiger charge is -2.07. The number of aromatic nitrogens is 2. The second kappa shape index (κ2) is 6.96. The highest BCUT2D eigenvalue weighted by molar-refractivity contribution is 6.03. The van der Waals surface area contributed by atoms with Gasteiger partial charge >= 0.3 is 5.97 Å². The van der Waals surface area contributed by atoms with Crippen LogP contribution in [0.15, 0.2) is 53.3 Å². The molecule has 0 aliphatic heterocycles. The maximum absolute atomic E-state index is 12.2. The summed E-state index contributed by atoms with van der Waals surface area (Å²) in [6.07, 6.45) is 0. The summed E-state index contributed by atoms with van der Waals surface area (Å²) < 4.78 is 5.00. The van der Waals surface area contributed by atoms with Crippen LogP contribution in [0.4, 0.5) is 5.69 Å². The van der Waals surface area contributed by atoms with Crippen LogP contribution in [0.1, 0.15) is 16.1 Å². The van der Waals surface area contributed by atoms with Crippen molar-refractivity contribution in [2.75, 3.05) is 11.9 Å². The van der Waals surface area contributed by atoms with E-state index in [-0.39, 0.29) is 5.69 Å². The predicted molar refractivity (Wildman–Crippen MR) is 92.5 cm³/mol. The van der Waals surface area contributed by atoms with Gasteiger partial charge in [0.2, 0.25) is 0 Å². The van der Waals surface area contributed by atoms with Gasteiger partial charge in [0.15, 0.2) is 12.3 Å². The normalized spacial score (nSPS) is 10.4. The van der Waals surface area contributed by atoms with Gasteiger partial charge in [0.05, 0.1) is 5.39 Å². The highest BCUT2D eigenvalue weighted by atomic mass is 16.5. The van der Waals surface area contributed by atoms with Crippen LogP contribution in [0.5, 0.6) is 0 Å². The summed E-state index contributed by atoms with van der Waals surface area (Å²) in [5.41, 5.74) is 1.24. The van der Waals surface area contributed by atoms with E-state index in [1.165, 1.54) is 0 Å². The molecule has 0 spiro atoms. The van der Waals surface area contributed by atoms with Crippen molar-refractivity contribution >= 4 is 28.3 Å². The lowest BCUT2D eigenvalue weighted by molar-refractivity contribution is -0.119. The number of carbonyl (C=O) groups excluding carboxylic acids is 2. The number of ether oxygens (including phenoxy) is 1. The van der Waals surface area contributed by atoms with Gasteiger partial charge in [-0.25, -0.2) is 9.89 Å².